The highest BCUT2D eigenvalue weighted by molar-refractivity contribution is 4.76. The van der Waals surface area contributed by atoms with Crippen molar-refractivity contribution in [2.24, 2.45) is 5.92 Å². The second-order valence-electron chi connectivity index (χ2n) is 4.74. The maximum Gasteiger partial charge on any atom is 0.0833 e. The molecule has 0 aromatic heterocycles. The predicted octanol–water partition coefficient (Wildman–Crippen LogP) is 3.13. The number of rotatable bonds is 7. The van der Waals surface area contributed by atoms with E-state index in [-0.39, 0.29) is 12.2 Å². The van der Waals surface area contributed by atoms with Gasteiger partial charge in [-0.3, -0.25) is 0 Å². The van der Waals surface area contributed by atoms with Crippen molar-refractivity contribution in [1.29, 1.82) is 0 Å². The Kier molecular flexibility index (Phi) is 6.26. The molecule has 2 atom stereocenters. The van der Waals surface area contributed by atoms with Crippen molar-refractivity contribution in [3.63, 3.8) is 0 Å². The lowest BCUT2D eigenvalue weighted by Crippen LogP contribution is -2.30. The molecular formula is C13H26O2. The third-order valence-corrected chi connectivity index (χ3v) is 3.43. The summed E-state index contributed by atoms with van der Waals surface area (Å²) in [7, 11) is 0. The molecule has 1 saturated carbocycles. The van der Waals surface area contributed by atoms with Crippen LogP contribution in [0.25, 0.3) is 0 Å². The molecule has 90 valence electrons. The molecule has 0 heterocycles. The van der Waals surface area contributed by atoms with Crippen LogP contribution < -0.4 is 0 Å². The summed E-state index contributed by atoms with van der Waals surface area (Å²) in [5.74, 6) is 0.750. The Bertz CT molecular complexity index is 147. The lowest BCUT2D eigenvalue weighted by Gasteiger charge is -2.24. The van der Waals surface area contributed by atoms with Crippen molar-refractivity contribution in [2.45, 2.75) is 71.0 Å². The molecule has 1 fully saturated rings. The molecule has 2 heteroatoms. The van der Waals surface area contributed by atoms with E-state index >= 15 is 0 Å². The molecule has 0 saturated heterocycles. The zero-order valence-electron chi connectivity index (χ0n) is 10.2. The first-order chi connectivity index (χ1) is 7.27. The second kappa shape index (κ2) is 7.24. The molecule has 1 N–H and O–H groups in total. The Morgan fingerprint density at radius 2 is 1.93 bits per heavy atom. The molecule has 1 aliphatic rings. The van der Waals surface area contributed by atoms with Crippen molar-refractivity contribution in [3.05, 3.63) is 0 Å². The van der Waals surface area contributed by atoms with Gasteiger partial charge in [-0.05, 0) is 25.7 Å². The molecule has 0 spiro atoms. The van der Waals surface area contributed by atoms with Gasteiger partial charge in [-0.15, -0.1) is 0 Å². The van der Waals surface area contributed by atoms with Crippen molar-refractivity contribution in [3.8, 4) is 0 Å². The molecule has 0 aliphatic heterocycles. The highest BCUT2D eigenvalue weighted by atomic mass is 16.5. The van der Waals surface area contributed by atoms with Crippen molar-refractivity contribution >= 4 is 0 Å². The van der Waals surface area contributed by atoms with Crippen LogP contribution in [0.3, 0.4) is 0 Å². The van der Waals surface area contributed by atoms with Crippen LogP contribution >= 0.6 is 0 Å². The Morgan fingerprint density at radius 1 is 1.27 bits per heavy atom. The highest BCUT2D eigenvalue weighted by Crippen LogP contribution is 2.30. The molecule has 0 aromatic carbocycles. The Labute approximate surface area is 94.0 Å². The summed E-state index contributed by atoms with van der Waals surface area (Å²) in [5.41, 5.74) is 0. The number of hydrogen-bond acceptors (Lipinski definition) is 2. The van der Waals surface area contributed by atoms with Gasteiger partial charge in [0.1, 0.15) is 0 Å². The third kappa shape index (κ3) is 4.52. The smallest absolute Gasteiger partial charge is 0.0833 e. The average Bonchev–Trinajstić information content (AvgIpc) is 2.70. The van der Waals surface area contributed by atoms with E-state index in [1.165, 1.54) is 25.7 Å². The van der Waals surface area contributed by atoms with E-state index in [1.54, 1.807) is 0 Å². The van der Waals surface area contributed by atoms with E-state index in [0.29, 0.717) is 6.61 Å². The topological polar surface area (TPSA) is 29.5 Å². The van der Waals surface area contributed by atoms with E-state index in [2.05, 4.69) is 6.92 Å². The largest absolute Gasteiger partial charge is 0.390 e. The first kappa shape index (κ1) is 13.0. The molecule has 0 amide bonds. The number of aliphatic hydroxyl groups is 1. The molecule has 2 unspecified atom stereocenters. The summed E-state index contributed by atoms with van der Waals surface area (Å²) in [6.07, 6.45) is 8.17. The van der Waals surface area contributed by atoms with Crippen LogP contribution in [0.2, 0.25) is 0 Å². The summed E-state index contributed by atoms with van der Waals surface area (Å²) >= 11 is 0. The molecule has 2 nitrogen and oxygen atoms in total. The quantitative estimate of drug-likeness (QED) is 0.705. The minimum Gasteiger partial charge on any atom is -0.390 e. The van der Waals surface area contributed by atoms with Gasteiger partial charge in [-0.1, -0.05) is 39.0 Å². The predicted molar refractivity (Wildman–Crippen MR) is 62.9 cm³/mol. The Balaban J connectivity index is 2.29. The van der Waals surface area contributed by atoms with Crippen LogP contribution in [-0.2, 0) is 4.74 Å². The standard InChI is InChI=1S/C13H26O2/c1-3-7-13(15-4-2)12(14)10-11-8-5-6-9-11/h11-14H,3-10H2,1-2H3. The van der Waals surface area contributed by atoms with E-state index in [4.69, 9.17) is 4.74 Å². The Morgan fingerprint density at radius 3 is 2.47 bits per heavy atom. The molecule has 0 bridgehead atoms. The fourth-order valence-electron chi connectivity index (χ4n) is 2.62. The van der Waals surface area contributed by atoms with Gasteiger partial charge >= 0.3 is 0 Å². The maximum atomic E-state index is 10.1. The summed E-state index contributed by atoms with van der Waals surface area (Å²) in [4.78, 5) is 0. The molecule has 0 aromatic rings. The first-order valence-electron chi connectivity index (χ1n) is 6.57. The van der Waals surface area contributed by atoms with Gasteiger partial charge in [0.2, 0.25) is 0 Å². The van der Waals surface area contributed by atoms with Gasteiger partial charge in [0.25, 0.3) is 0 Å². The number of aliphatic hydroxyl groups excluding tert-OH is 1. The minimum absolute atomic E-state index is 0.0700. The van der Waals surface area contributed by atoms with Crippen LogP contribution in [0.5, 0.6) is 0 Å². The van der Waals surface area contributed by atoms with Crippen LogP contribution in [-0.4, -0.2) is 23.9 Å². The van der Waals surface area contributed by atoms with Crippen molar-refractivity contribution < 1.29 is 9.84 Å². The first-order valence-corrected chi connectivity index (χ1v) is 6.57. The SMILES string of the molecule is CCCC(OCC)C(O)CC1CCCC1. The zero-order chi connectivity index (χ0) is 11.1. The fraction of sp³-hybridized carbons (Fsp3) is 1.00. The van der Waals surface area contributed by atoms with Gasteiger partial charge in [0.15, 0.2) is 0 Å². The normalized spacial score (nSPS) is 21.8. The van der Waals surface area contributed by atoms with Crippen LogP contribution in [0, 0.1) is 5.92 Å². The molecule has 0 radical (unpaired) electrons. The lowest BCUT2D eigenvalue weighted by molar-refractivity contribution is -0.0457. The van der Waals surface area contributed by atoms with Gasteiger partial charge in [0.05, 0.1) is 12.2 Å². The summed E-state index contributed by atoms with van der Waals surface area (Å²) < 4.78 is 5.60. The average molecular weight is 214 g/mol. The molecule has 15 heavy (non-hydrogen) atoms. The zero-order valence-corrected chi connectivity index (χ0v) is 10.2. The lowest BCUT2D eigenvalue weighted by atomic mass is 9.95. The van der Waals surface area contributed by atoms with Gasteiger partial charge in [0, 0.05) is 6.61 Å². The van der Waals surface area contributed by atoms with Gasteiger partial charge in [-0.25, -0.2) is 0 Å². The summed E-state index contributed by atoms with van der Waals surface area (Å²) in [6.45, 7) is 4.87. The highest BCUT2D eigenvalue weighted by Gasteiger charge is 2.24. The number of ether oxygens (including phenoxy) is 1. The monoisotopic (exact) mass is 214 g/mol. The van der Waals surface area contributed by atoms with Crippen LogP contribution in [0.1, 0.15) is 58.8 Å². The van der Waals surface area contributed by atoms with Crippen molar-refractivity contribution in [2.75, 3.05) is 6.61 Å². The van der Waals surface area contributed by atoms with E-state index in [0.717, 1.165) is 25.2 Å². The van der Waals surface area contributed by atoms with Gasteiger partial charge in [-0.2, -0.15) is 0 Å². The third-order valence-electron chi connectivity index (χ3n) is 3.43. The molecule has 1 rings (SSSR count). The van der Waals surface area contributed by atoms with Gasteiger partial charge < -0.3 is 9.84 Å². The maximum absolute atomic E-state index is 10.1. The van der Waals surface area contributed by atoms with Crippen molar-refractivity contribution in [1.82, 2.24) is 0 Å². The van der Waals surface area contributed by atoms with Crippen LogP contribution in [0.15, 0.2) is 0 Å². The van der Waals surface area contributed by atoms with E-state index in [9.17, 15) is 5.11 Å². The Hall–Kier alpha value is -0.0800. The number of hydrogen-bond donors (Lipinski definition) is 1. The minimum atomic E-state index is -0.243. The molecular weight excluding hydrogens is 188 g/mol. The van der Waals surface area contributed by atoms with Crippen LogP contribution in [0.4, 0.5) is 0 Å². The summed E-state index contributed by atoms with van der Waals surface area (Å²) in [6, 6.07) is 0. The van der Waals surface area contributed by atoms with E-state index < -0.39 is 0 Å². The second-order valence-corrected chi connectivity index (χ2v) is 4.74. The van der Waals surface area contributed by atoms with E-state index in [1.807, 2.05) is 6.92 Å². The fourth-order valence-corrected chi connectivity index (χ4v) is 2.62. The molecule has 1 aliphatic carbocycles. The summed E-state index contributed by atoms with van der Waals surface area (Å²) in [5, 5.41) is 10.1.